The third-order valence-corrected chi connectivity index (χ3v) is 4.06. The molecule has 0 atom stereocenters. The lowest BCUT2D eigenvalue weighted by molar-refractivity contribution is 0.358. The Morgan fingerprint density at radius 2 is 1.89 bits per heavy atom. The molecule has 2 rings (SSSR count). The normalized spacial score (nSPS) is 11.8. The van der Waals surface area contributed by atoms with E-state index >= 15 is 0 Å². The number of halogens is 1. The van der Waals surface area contributed by atoms with E-state index in [4.69, 9.17) is 20.2 Å². The van der Waals surface area contributed by atoms with Crippen molar-refractivity contribution in [3.8, 4) is 11.5 Å². The van der Waals surface area contributed by atoms with Crippen molar-refractivity contribution in [1.29, 1.82) is 0 Å². The number of methoxy groups -OCH3 is 2. The second-order valence-electron chi connectivity index (χ2n) is 3.74. The molecule has 0 aliphatic rings. The molecule has 0 spiro atoms. The average Bonchev–Trinajstić information content (AvgIpc) is 2.65. The maximum Gasteiger partial charge on any atom is 0.263 e. The molecule has 1 heterocycles. The fourth-order valence-corrected chi connectivity index (χ4v) is 3.02. The Morgan fingerprint density at radius 3 is 2.39 bits per heavy atom. The van der Waals surface area contributed by atoms with Crippen molar-refractivity contribution in [3.05, 3.63) is 18.3 Å². The molecule has 5 nitrogen and oxygen atoms in total. The van der Waals surface area contributed by atoms with Crippen molar-refractivity contribution in [2.75, 3.05) is 14.2 Å². The number of fused-ring (bicyclic) bond motifs is 1. The van der Waals surface area contributed by atoms with Crippen LogP contribution in [0.25, 0.3) is 10.9 Å². The number of rotatable bonds is 3. The highest BCUT2D eigenvalue weighted by molar-refractivity contribution is 8.14. The van der Waals surface area contributed by atoms with E-state index < -0.39 is 9.05 Å². The molecule has 1 aromatic heterocycles. The molecular formula is C11H12ClNO4S. The average molecular weight is 290 g/mol. The summed E-state index contributed by atoms with van der Waals surface area (Å²) in [5.41, 5.74) is 0.701. The minimum absolute atomic E-state index is 0.0115. The number of hydrogen-bond donors (Lipinski definition) is 0. The van der Waals surface area contributed by atoms with Gasteiger partial charge in [-0.2, -0.15) is 0 Å². The number of ether oxygens (including phenoxy) is 2. The highest BCUT2D eigenvalue weighted by Crippen LogP contribution is 2.40. The smallest absolute Gasteiger partial charge is 0.263 e. The molecule has 0 N–H and O–H groups in total. The maximum atomic E-state index is 11.6. The Bertz CT molecular complexity index is 705. The van der Waals surface area contributed by atoms with Gasteiger partial charge in [0.1, 0.15) is 4.90 Å². The summed E-state index contributed by atoms with van der Waals surface area (Å²) >= 11 is 0. The van der Waals surface area contributed by atoms with Crippen LogP contribution in [0.3, 0.4) is 0 Å². The van der Waals surface area contributed by atoms with E-state index in [1.54, 1.807) is 23.7 Å². The van der Waals surface area contributed by atoms with E-state index in [-0.39, 0.29) is 4.90 Å². The Balaban J connectivity index is 2.98. The molecule has 98 valence electrons. The molecule has 7 heteroatoms. The van der Waals surface area contributed by atoms with Crippen LogP contribution in [0.15, 0.2) is 23.2 Å². The molecule has 1 aromatic carbocycles. The zero-order valence-electron chi connectivity index (χ0n) is 10.1. The largest absolute Gasteiger partial charge is 0.493 e. The van der Waals surface area contributed by atoms with Gasteiger partial charge in [-0.25, -0.2) is 8.42 Å². The molecule has 0 bridgehead atoms. The van der Waals surface area contributed by atoms with Gasteiger partial charge in [0.25, 0.3) is 9.05 Å². The molecule has 18 heavy (non-hydrogen) atoms. The Morgan fingerprint density at radius 1 is 1.22 bits per heavy atom. The van der Waals surface area contributed by atoms with E-state index in [0.29, 0.717) is 22.4 Å². The lowest BCUT2D eigenvalue weighted by Gasteiger charge is -2.09. The molecule has 0 radical (unpaired) electrons. The molecule has 0 amide bonds. The van der Waals surface area contributed by atoms with Crippen LogP contribution in [-0.4, -0.2) is 27.2 Å². The van der Waals surface area contributed by atoms with Crippen molar-refractivity contribution in [3.63, 3.8) is 0 Å². The Labute approximate surface area is 109 Å². The fourth-order valence-electron chi connectivity index (χ4n) is 1.94. The predicted octanol–water partition coefficient (Wildman–Crippen LogP) is 2.12. The summed E-state index contributed by atoms with van der Waals surface area (Å²) in [7, 11) is 6.26. The highest BCUT2D eigenvalue weighted by Gasteiger charge is 2.23. The third-order valence-electron chi connectivity index (χ3n) is 2.72. The van der Waals surface area contributed by atoms with E-state index in [0.717, 1.165) is 0 Å². The Hall–Kier alpha value is -1.40. The van der Waals surface area contributed by atoms with Crippen molar-refractivity contribution >= 4 is 30.6 Å². The zero-order valence-corrected chi connectivity index (χ0v) is 11.7. The quantitative estimate of drug-likeness (QED) is 0.812. The second-order valence-corrected chi connectivity index (χ2v) is 6.27. The van der Waals surface area contributed by atoms with Crippen LogP contribution >= 0.6 is 10.7 Å². The molecule has 2 aromatic rings. The van der Waals surface area contributed by atoms with Gasteiger partial charge < -0.3 is 14.0 Å². The van der Waals surface area contributed by atoms with Crippen LogP contribution in [-0.2, 0) is 16.1 Å². The van der Waals surface area contributed by atoms with Crippen LogP contribution in [0.1, 0.15) is 0 Å². The lowest BCUT2D eigenvalue weighted by Crippen LogP contribution is -1.94. The lowest BCUT2D eigenvalue weighted by atomic mass is 10.2. The number of aryl methyl sites for hydroxylation is 1. The van der Waals surface area contributed by atoms with Gasteiger partial charge in [-0.05, 0) is 12.1 Å². The van der Waals surface area contributed by atoms with Gasteiger partial charge in [-0.15, -0.1) is 0 Å². The molecule has 0 aliphatic carbocycles. The summed E-state index contributed by atoms with van der Waals surface area (Å²) < 4.78 is 35.2. The van der Waals surface area contributed by atoms with Crippen molar-refractivity contribution in [2.24, 2.45) is 7.05 Å². The van der Waals surface area contributed by atoms with Crippen molar-refractivity contribution in [1.82, 2.24) is 4.57 Å². The highest BCUT2D eigenvalue weighted by atomic mass is 35.7. The first-order chi connectivity index (χ1) is 8.40. The molecule has 0 unspecified atom stereocenters. The minimum atomic E-state index is -3.85. The van der Waals surface area contributed by atoms with Crippen LogP contribution in [0.4, 0.5) is 0 Å². The summed E-state index contributed by atoms with van der Waals surface area (Å²) in [6.45, 7) is 0. The van der Waals surface area contributed by atoms with Crippen LogP contribution in [0.2, 0.25) is 0 Å². The standard InChI is InChI=1S/C11H12ClNO4S/c1-13-6-9(18(12,14)15)10-7(13)4-5-8(16-2)11(10)17-3/h4-6H,1-3H3. The maximum absolute atomic E-state index is 11.6. The fraction of sp³-hybridized carbons (Fsp3) is 0.273. The Kier molecular flexibility index (Phi) is 3.16. The molecule has 0 fully saturated rings. The van der Waals surface area contributed by atoms with E-state index in [9.17, 15) is 8.42 Å². The van der Waals surface area contributed by atoms with E-state index in [1.165, 1.54) is 20.4 Å². The molecular weight excluding hydrogens is 278 g/mol. The van der Waals surface area contributed by atoms with Crippen molar-refractivity contribution in [2.45, 2.75) is 4.90 Å². The van der Waals surface area contributed by atoms with Gasteiger partial charge in [0.2, 0.25) is 0 Å². The first kappa shape index (κ1) is 13.0. The monoisotopic (exact) mass is 289 g/mol. The second kappa shape index (κ2) is 4.37. The number of benzene rings is 1. The molecule has 0 saturated carbocycles. The van der Waals surface area contributed by atoms with Gasteiger partial charge in [-0.3, -0.25) is 0 Å². The number of hydrogen-bond acceptors (Lipinski definition) is 4. The van der Waals surface area contributed by atoms with Gasteiger partial charge in [0, 0.05) is 23.9 Å². The summed E-state index contributed by atoms with van der Waals surface area (Å²) in [5.74, 6) is 0.813. The van der Waals surface area contributed by atoms with Gasteiger partial charge in [-0.1, -0.05) is 0 Å². The zero-order chi connectivity index (χ0) is 13.5. The topological polar surface area (TPSA) is 57.5 Å². The van der Waals surface area contributed by atoms with Crippen LogP contribution in [0, 0.1) is 0 Å². The van der Waals surface area contributed by atoms with Crippen molar-refractivity contribution < 1.29 is 17.9 Å². The van der Waals surface area contributed by atoms with Gasteiger partial charge >= 0.3 is 0 Å². The summed E-state index contributed by atoms with van der Waals surface area (Å²) in [4.78, 5) is 0.0115. The molecule has 0 aliphatic heterocycles. The third kappa shape index (κ3) is 1.91. The SMILES string of the molecule is COc1ccc2c(c(S(=O)(=O)Cl)cn2C)c1OC. The first-order valence-corrected chi connectivity index (χ1v) is 7.35. The van der Waals surface area contributed by atoms with E-state index in [2.05, 4.69) is 0 Å². The van der Waals surface area contributed by atoms with E-state index in [1.807, 2.05) is 0 Å². The number of aromatic nitrogens is 1. The summed E-state index contributed by atoms with van der Waals surface area (Å²) in [5, 5.41) is 0.425. The molecule has 0 saturated heterocycles. The van der Waals surface area contributed by atoms with Crippen LogP contribution in [0.5, 0.6) is 11.5 Å². The minimum Gasteiger partial charge on any atom is -0.493 e. The number of nitrogens with zero attached hydrogens (tertiary/aromatic N) is 1. The van der Waals surface area contributed by atoms with Gasteiger partial charge in [0.15, 0.2) is 11.5 Å². The van der Waals surface area contributed by atoms with Gasteiger partial charge in [0.05, 0.1) is 25.1 Å². The summed E-state index contributed by atoms with van der Waals surface area (Å²) in [6.07, 6.45) is 1.45. The first-order valence-electron chi connectivity index (χ1n) is 5.04. The predicted molar refractivity (Wildman–Crippen MR) is 69.1 cm³/mol. The summed E-state index contributed by atoms with van der Waals surface area (Å²) in [6, 6.07) is 3.47. The van der Waals surface area contributed by atoms with Crippen LogP contribution < -0.4 is 9.47 Å².